The van der Waals surface area contributed by atoms with Gasteiger partial charge in [-0.05, 0) is 25.2 Å². The van der Waals surface area contributed by atoms with Crippen LogP contribution in [0.1, 0.15) is 19.3 Å². The molecule has 8 nitrogen and oxygen atoms in total. The predicted octanol–water partition coefficient (Wildman–Crippen LogP) is 0.766. The van der Waals surface area contributed by atoms with Gasteiger partial charge < -0.3 is 20.1 Å². The second-order valence-electron chi connectivity index (χ2n) is 6.13. The molecule has 27 heavy (non-hydrogen) atoms. The number of nitrogens with one attached hydrogen (secondary N) is 2. The summed E-state index contributed by atoms with van der Waals surface area (Å²) < 4.78 is 71.2. The lowest BCUT2D eigenvalue weighted by Crippen LogP contribution is -2.47. The fourth-order valence-electron chi connectivity index (χ4n) is 2.59. The molecule has 0 aliphatic carbocycles. The first kappa shape index (κ1) is 23.9. The maximum atomic E-state index is 12.6. The molecule has 0 unspecified atom stereocenters. The van der Waals surface area contributed by atoms with E-state index in [0.717, 1.165) is 6.42 Å². The summed E-state index contributed by atoms with van der Waals surface area (Å²) in [5, 5.41) is 6.25. The third-order valence-corrected chi connectivity index (χ3v) is 5.81. The maximum Gasteiger partial charge on any atom is 0.511 e. The van der Waals surface area contributed by atoms with E-state index < -0.39 is 15.5 Å². The number of halogens is 3. The van der Waals surface area contributed by atoms with E-state index in [-0.39, 0.29) is 19.0 Å². The lowest BCUT2D eigenvalue weighted by atomic mass is 9.98. The number of hydrogen-bond acceptors (Lipinski definition) is 5. The molecule has 1 fully saturated rings. The summed E-state index contributed by atoms with van der Waals surface area (Å²) in [7, 11) is -1.99. The second kappa shape index (κ2) is 11.7. The van der Waals surface area contributed by atoms with Crippen LogP contribution in [-0.2, 0) is 19.5 Å². The van der Waals surface area contributed by atoms with Crippen LogP contribution in [0.2, 0.25) is 0 Å². The van der Waals surface area contributed by atoms with E-state index in [2.05, 4.69) is 15.6 Å². The van der Waals surface area contributed by atoms with Crippen molar-refractivity contribution < 1.29 is 31.1 Å². The van der Waals surface area contributed by atoms with Crippen molar-refractivity contribution in [3.63, 3.8) is 0 Å². The number of ether oxygens (including phenoxy) is 2. The molecule has 1 aliphatic rings. The Kier molecular flexibility index (Phi) is 10.3. The van der Waals surface area contributed by atoms with E-state index in [1.165, 1.54) is 0 Å². The molecule has 0 amide bonds. The lowest BCUT2D eigenvalue weighted by Gasteiger charge is -2.31. The Hall–Kier alpha value is -1.11. The first-order valence-electron chi connectivity index (χ1n) is 8.80. The van der Waals surface area contributed by atoms with Gasteiger partial charge in [0.1, 0.15) is 0 Å². The standard InChI is InChI=1S/C15H29F3N4O4S/c1-19-14(20-6-3-9-26-11-10-25-2)21-12-13-4-7-22(8-5-13)27(23,24)15(16,17)18/h13H,3-12H2,1-2H3,(H2,19,20,21). The van der Waals surface area contributed by atoms with Gasteiger partial charge >= 0.3 is 15.5 Å². The van der Waals surface area contributed by atoms with Crippen molar-refractivity contribution in [3.05, 3.63) is 0 Å². The van der Waals surface area contributed by atoms with Gasteiger partial charge in [-0.15, -0.1) is 0 Å². The van der Waals surface area contributed by atoms with E-state index in [0.29, 0.717) is 56.0 Å². The molecule has 1 aliphatic heterocycles. The Balaban J connectivity index is 2.24. The minimum Gasteiger partial charge on any atom is -0.382 e. The molecule has 0 saturated carbocycles. The molecule has 0 radical (unpaired) electrons. The summed E-state index contributed by atoms with van der Waals surface area (Å²) in [6.45, 7) is 2.63. The van der Waals surface area contributed by atoms with E-state index in [4.69, 9.17) is 9.47 Å². The van der Waals surface area contributed by atoms with E-state index in [9.17, 15) is 21.6 Å². The number of rotatable bonds is 10. The molecule has 0 bridgehead atoms. The topological polar surface area (TPSA) is 92.3 Å². The van der Waals surface area contributed by atoms with E-state index >= 15 is 0 Å². The molecular formula is C15H29F3N4O4S. The predicted molar refractivity (Wildman–Crippen MR) is 95.9 cm³/mol. The van der Waals surface area contributed by atoms with Gasteiger partial charge in [-0.1, -0.05) is 0 Å². The van der Waals surface area contributed by atoms with Gasteiger partial charge in [-0.3, -0.25) is 4.99 Å². The summed E-state index contributed by atoms with van der Waals surface area (Å²) in [6.07, 6.45) is 1.53. The molecule has 1 saturated heterocycles. The minimum atomic E-state index is -5.24. The lowest BCUT2D eigenvalue weighted by molar-refractivity contribution is -0.0496. The Morgan fingerprint density at radius 1 is 1.19 bits per heavy atom. The Morgan fingerprint density at radius 2 is 1.85 bits per heavy atom. The molecule has 0 aromatic heterocycles. The molecule has 2 N–H and O–H groups in total. The molecule has 0 aromatic carbocycles. The highest BCUT2D eigenvalue weighted by molar-refractivity contribution is 7.90. The van der Waals surface area contributed by atoms with Crippen LogP contribution in [0.5, 0.6) is 0 Å². The zero-order valence-corrected chi connectivity index (χ0v) is 16.5. The van der Waals surface area contributed by atoms with Crippen molar-refractivity contribution in [2.24, 2.45) is 10.9 Å². The van der Waals surface area contributed by atoms with Crippen molar-refractivity contribution in [1.29, 1.82) is 0 Å². The van der Waals surface area contributed by atoms with Crippen molar-refractivity contribution in [1.82, 2.24) is 14.9 Å². The number of aliphatic imine (C=N–C) groups is 1. The first-order valence-corrected chi connectivity index (χ1v) is 10.2. The molecule has 1 heterocycles. The van der Waals surface area contributed by atoms with E-state index in [1.54, 1.807) is 14.2 Å². The van der Waals surface area contributed by atoms with Crippen LogP contribution in [0.4, 0.5) is 13.2 Å². The Morgan fingerprint density at radius 3 is 2.41 bits per heavy atom. The highest BCUT2D eigenvalue weighted by atomic mass is 32.2. The molecule has 0 spiro atoms. The second-order valence-corrected chi connectivity index (χ2v) is 8.06. The van der Waals surface area contributed by atoms with Crippen LogP contribution in [0.25, 0.3) is 0 Å². The molecule has 12 heteroatoms. The van der Waals surface area contributed by atoms with Crippen LogP contribution in [-0.4, -0.2) is 84.3 Å². The number of hydrogen-bond donors (Lipinski definition) is 2. The van der Waals surface area contributed by atoms with Gasteiger partial charge in [0.05, 0.1) is 13.2 Å². The summed E-state index contributed by atoms with van der Waals surface area (Å²) in [4.78, 5) is 4.08. The third-order valence-electron chi connectivity index (χ3n) is 4.18. The van der Waals surface area contributed by atoms with E-state index in [1.807, 2.05) is 0 Å². The van der Waals surface area contributed by atoms with Crippen LogP contribution in [0.3, 0.4) is 0 Å². The van der Waals surface area contributed by atoms with Crippen LogP contribution >= 0.6 is 0 Å². The van der Waals surface area contributed by atoms with Gasteiger partial charge in [0.2, 0.25) is 0 Å². The van der Waals surface area contributed by atoms with Gasteiger partial charge in [-0.2, -0.15) is 17.5 Å². The normalized spacial score (nSPS) is 17.9. The molecule has 160 valence electrons. The third kappa shape index (κ3) is 8.20. The zero-order valence-electron chi connectivity index (χ0n) is 15.7. The van der Waals surface area contributed by atoms with Crippen LogP contribution < -0.4 is 10.6 Å². The minimum absolute atomic E-state index is 0.0839. The highest BCUT2D eigenvalue weighted by Crippen LogP contribution is 2.30. The van der Waals surface area contributed by atoms with Crippen molar-refractivity contribution in [2.45, 2.75) is 24.8 Å². The average molecular weight is 418 g/mol. The fraction of sp³-hybridized carbons (Fsp3) is 0.933. The van der Waals surface area contributed by atoms with Gasteiger partial charge in [0, 0.05) is 46.9 Å². The number of guanidine groups is 1. The Labute approximate surface area is 158 Å². The molecular weight excluding hydrogens is 389 g/mol. The van der Waals surface area contributed by atoms with Crippen molar-refractivity contribution >= 4 is 16.0 Å². The highest BCUT2D eigenvalue weighted by Gasteiger charge is 2.50. The Bertz CT molecular complexity index is 550. The largest absolute Gasteiger partial charge is 0.511 e. The first-order chi connectivity index (χ1) is 12.7. The van der Waals surface area contributed by atoms with Crippen LogP contribution in [0.15, 0.2) is 4.99 Å². The van der Waals surface area contributed by atoms with Gasteiger partial charge in [-0.25, -0.2) is 8.42 Å². The maximum absolute atomic E-state index is 12.6. The number of sulfonamides is 1. The fourth-order valence-corrected chi connectivity index (χ4v) is 3.57. The van der Waals surface area contributed by atoms with Gasteiger partial charge in [0.25, 0.3) is 0 Å². The number of alkyl halides is 3. The molecule has 0 aromatic rings. The average Bonchev–Trinajstić information content (AvgIpc) is 2.63. The summed E-state index contributed by atoms with van der Waals surface area (Å²) in [5.41, 5.74) is -5.24. The SMILES string of the molecule is CN=C(NCCCOCCOC)NCC1CCN(S(=O)(=O)C(F)(F)F)CC1. The summed E-state index contributed by atoms with van der Waals surface area (Å²) in [6, 6.07) is 0. The summed E-state index contributed by atoms with van der Waals surface area (Å²) in [5.74, 6) is 0.679. The summed E-state index contributed by atoms with van der Waals surface area (Å²) >= 11 is 0. The smallest absolute Gasteiger partial charge is 0.382 e. The molecule has 1 rings (SSSR count). The van der Waals surface area contributed by atoms with Crippen molar-refractivity contribution in [2.75, 3.05) is 60.2 Å². The zero-order chi connectivity index (χ0) is 20.3. The number of methoxy groups -OCH3 is 1. The number of piperidine rings is 1. The van der Waals surface area contributed by atoms with Crippen molar-refractivity contribution in [3.8, 4) is 0 Å². The van der Waals surface area contributed by atoms with Crippen LogP contribution in [0, 0.1) is 5.92 Å². The molecule has 0 atom stereocenters. The van der Waals surface area contributed by atoms with Gasteiger partial charge in [0.15, 0.2) is 5.96 Å². The monoisotopic (exact) mass is 418 g/mol. The quantitative estimate of drug-likeness (QED) is 0.309. The number of nitrogens with zero attached hydrogens (tertiary/aromatic N) is 2.